The molecule has 1 atom stereocenters. The third kappa shape index (κ3) is 6.25. The molecule has 1 heterocycles. The second kappa shape index (κ2) is 11.9. The molecule has 3 aromatic rings. The number of phenolic OH excluding ortho intramolecular Hbond substituents is 1. The molecular weight excluding hydrogens is 495 g/mol. The van der Waals surface area contributed by atoms with Crippen LogP contribution in [0.1, 0.15) is 57.7 Å². The molecule has 3 aromatic carbocycles. The topological polar surface area (TPSA) is 71.0 Å². The van der Waals surface area contributed by atoms with Crippen LogP contribution >= 0.6 is 0 Å². The zero-order valence-corrected chi connectivity index (χ0v) is 23.3. The molecule has 0 saturated heterocycles. The molecule has 0 aliphatic carbocycles. The Morgan fingerprint density at radius 3 is 2.51 bits per heavy atom. The first kappa shape index (κ1) is 28.2. The number of fused-ring (bicyclic) bond motifs is 1. The molecule has 6 nitrogen and oxygen atoms in total. The van der Waals surface area contributed by atoms with E-state index in [0.717, 1.165) is 23.3 Å². The third-order valence-corrected chi connectivity index (χ3v) is 7.36. The highest BCUT2D eigenvalue weighted by atomic mass is 19.1. The van der Waals surface area contributed by atoms with Gasteiger partial charge in [-0.15, -0.1) is 0 Å². The van der Waals surface area contributed by atoms with Gasteiger partial charge in [0.25, 0.3) is 5.91 Å². The summed E-state index contributed by atoms with van der Waals surface area (Å²) in [5.74, 6) is -0.435. The van der Waals surface area contributed by atoms with Crippen LogP contribution in [-0.4, -0.2) is 24.7 Å². The summed E-state index contributed by atoms with van der Waals surface area (Å²) in [5, 5.41) is 14.2. The number of nitrogens with one attached hydrogen (secondary N) is 1. The maximum atomic E-state index is 15.9. The Kier molecular flexibility index (Phi) is 8.60. The van der Waals surface area contributed by atoms with Crippen LogP contribution in [-0.2, 0) is 16.1 Å². The van der Waals surface area contributed by atoms with Gasteiger partial charge in [-0.1, -0.05) is 63.6 Å². The van der Waals surface area contributed by atoms with E-state index in [1.807, 2.05) is 37.3 Å². The summed E-state index contributed by atoms with van der Waals surface area (Å²) in [6.45, 7) is 8.47. The SMILES string of the molecule is CCC(C)(C)CC1=C(C)C(c2ccc(OCc3ccccc3)cc2F)N(C(=O)COC)c2cccc(O)c2N1. The maximum absolute atomic E-state index is 15.9. The van der Waals surface area contributed by atoms with Crippen LogP contribution in [0.15, 0.2) is 78.0 Å². The molecule has 1 aliphatic rings. The molecular formula is C32H37FN2O4. The largest absolute Gasteiger partial charge is 0.506 e. The lowest BCUT2D eigenvalue weighted by Crippen LogP contribution is -2.38. The highest BCUT2D eigenvalue weighted by molar-refractivity contribution is 6.00. The van der Waals surface area contributed by atoms with Crippen molar-refractivity contribution >= 4 is 17.3 Å². The van der Waals surface area contributed by atoms with Crippen molar-refractivity contribution in [2.75, 3.05) is 23.9 Å². The van der Waals surface area contributed by atoms with Gasteiger partial charge in [-0.25, -0.2) is 4.39 Å². The van der Waals surface area contributed by atoms with Crippen molar-refractivity contribution in [2.45, 2.75) is 53.2 Å². The smallest absolute Gasteiger partial charge is 0.253 e. The number of carbonyl (C=O) groups is 1. The fraction of sp³-hybridized carbons (Fsp3) is 0.344. The van der Waals surface area contributed by atoms with Crippen LogP contribution in [0.5, 0.6) is 11.5 Å². The number of phenols is 1. The molecule has 1 amide bonds. The lowest BCUT2D eigenvalue weighted by molar-refractivity contribution is -0.122. The van der Waals surface area contributed by atoms with E-state index in [1.54, 1.807) is 30.3 Å². The standard InChI is InChI=1S/C32H37FN2O4/c1-6-32(3,4)18-26-21(2)31(35(29(37)20-38-5)27-13-10-14-28(36)30(27)34-26)24-16-15-23(17-25(24)33)39-19-22-11-8-7-9-12-22/h7-17,31,34,36H,6,18-20H2,1-5H3. The molecule has 0 spiro atoms. The van der Waals surface area contributed by atoms with Crippen molar-refractivity contribution in [3.63, 3.8) is 0 Å². The van der Waals surface area contributed by atoms with Gasteiger partial charge in [0.1, 0.15) is 36.2 Å². The van der Waals surface area contributed by atoms with Crippen molar-refractivity contribution in [3.05, 3.63) is 94.9 Å². The third-order valence-electron chi connectivity index (χ3n) is 7.36. The van der Waals surface area contributed by atoms with E-state index in [1.165, 1.54) is 18.1 Å². The molecule has 1 unspecified atom stereocenters. The van der Waals surface area contributed by atoms with Crippen molar-refractivity contribution in [2.24, 2.45) is 5.41 Å². The number of hydrogen-bond acceptors (Lipinski definition) is 5. The quantitative estimate of drug-likeness (QED) is 0.282. The molecule has 0 fully saturated rings. The second-order valence-corrected chi connectivity index (χ2v) is 10.7. The monoisotopic (exact) mass is 532 g/mol. The Balaban J connectivity index is 1.83. The number of nitrogens with zero attached hydrogens (tertiary/aromatic N) is 1. The first-order valence-electron chi connectivity index (χ1n) is 13.2. The number of rotatable bonds is 9. The Morgan fingerprint density at radius 1 is 1.10 bits per heavy atom. The van der Waals surface area contributed by atoms with Gasteiger partial charge in [0.2, 0.25) is 0 Å². The number of hydrogen-bond donors (Lipinski definition) is 2. The number of aromatic hydroxyl groups is 1. The number of para-hydroxylation sites is 1. The Bertz CT molecular complexity index is 1350. The van der Waals surface area contributed by atoms with Gasteiger partial charge in [0, 0.05) is 24.4 Å². The molecule has 4 rings (SSSR count). The van der Waals surface area contributed by atoms with E-state index in [-0.39, 0.29) is 23.7 Å². The van der Waals surface area contributed by atoms with Gasteiger partial charge in [0.15, 0.2) is 0 Å². The van der Waals surface area contributed by atoms with Gasteiger partial charge in [-0.2, -0.15) is 0 Å². The number of anilines is 2. The summed E-state index contributed by atoms with van der Waals surface area (Å²) in [6, 6.07) is 18.7. The predicted molar refractivity (Wildman–Crippen MR) is 152 cm³/mol. The molecule has 7 heteroatoms. The van der Waals surface area contributed by atoms with Crippen LogP contribution in [0, 0.1) is 11.2 Å². The fourth-order valence-electron chi connectivity index (χ4n) is 4.80. The van der Waals surface area contributed by atoms with Gasteiger partial charge < -0.3 is 19.9 Å². The summed E-state index contributed by atoms with van der Waals surface area (Å²) in [4.78, 5) is 15.1. The first-order valence-corrected chi connectivity index (χ1v) is 13.2. The second-order valence-electron chi connectivity index (χ2n) is 10.7. The molecule has 39 heavy (non-hydrogen) atoms. The van der Waals surface area contributed by atoms with Crippen LogP contribution in [0.2, 0.25) is 0 Å². The summed E-state index contributed by atoms with van der Waals surface area (Å²) in [5.41, 5.74) is 3.72. The van der Waals surface area contributed by atoms with Crippen molar-refractivity contribution in [1.29, 1.82) is 0 Å². The van der Waals surface area contributed by atoms with Crippen molar-refractivity contribution < 1.29 is 23.8 Å². The van der Waals surface area contributed by atoms with E-state index in [9.17, 15) is 9.90 Å². The normalized spacial score (nSPS) is 15.4. The highest BCUT2D eigenvalue weighted by Crippen LogP contribution is 2.47. The van der Waals surface area contributed by atoms with Crippen LogP contribution in [0.4, 0.5) is 15.8 Å². The summed E-state index contributed by atoms with van der Waals surface area (Å²) in [7, 11) is 1.45. The number of amides is 1. The maximum Gasteiger partial charge on any atom is 0.253 e. The molecule has 206 valence electrons. The van der Waals surface area contributed by atoms with Gasteiger partial charge in [-0.3, -0.25) is 9.69 Å². The summed E-state index contributed by atoms with van der Waals surface area (Å²) in [6.07, 6.45) is 1.56. The van der Waals surface area contributed by atoms with Gasteiger partial charge in [-0.05, 0) is 54.2 Å². The number of allylic oxidation sites excluding steroid dienone is 1. The van der Waals surface area contributed by atoms with E-state index in [4.69, 9.17) is 9.47 Å². The summed E-state index contributed by atoms with van der Waals surface area (Å²) < 4.78 is 27.0. The average Bonchev–Trinajstić information content (AvgIpc) is 3.03. The molecule has 0 bridgehead atoms. The minimum absolute atomic E-state index is 0.00750. The fourth-order valence-corrected chi connectivity index (χ4v) is 4.80. The van der Waals surface area contributed by atoms with Gasteiger partial charge >= 0.3 is 0 Å². The number of ether oxygens (including phenoxy) is 2. The Morgan fingerprint density at radius 2 is 1.85 bits per heavy atom. The molecule has 0 radical (unpaired) electrons. The van der Waals surface area contributed by atoms with E-state index < -0.39 is 11.9 Å². The first-order chi connectivity index (χ1) is 18.6. The Labute approximate surface area is 230 Å². The van der Waals surface area contributed by atoms with E-state index in [2.05, 4.69) is 26.1 Å². The number of methoxy groups -OCH3 is 1. The van der Waals surface area contributed by atoms with Crippen LogP contribution < -0.4 is 15.0 Å². The number of halogens is 1. The van der Waals surface area contributed by atoms with Crippen molar-refractivity contribution in [1.82, 2.24) is 0 Å². The molecule has 0 saturated carbocycles. The lowest BCUT2D eigenvalue weighted by atomic mass is 9.83. The van der Waals surface area contributed by atoms with E-state index in [0.29, 0.717) is 35.7 Å². The predicted octanol–water partition coefficient (Wildman–Crippen LogP) is 7.36. The zero-order chi connectivity index (χ0) is 28.2. The number of carbonyl (C=O) groups excluding carboxylic acids is 1. The molecule has 2 N–H and O–H groups in total. The summed E-state index contributed by atoms with van der Waals surface area (Å²) >= 11 is 0. The van der Waals surface area contributed by atoms with Crippen LogP contribution in [0.25, 0.3) is 0 Å². The molecule has 1 aliphatic heterocycles. The van der Waals surface area contributed by atoms with Crippen LogP contribution in [0.3, 0.4) is 0 Å². The Hall–Kier alpha value is -3.84. The van der Waals surface area contributed by atoms with Gasteiger partial charge in [0.05, 0.1) is 11.7 Å². The highest BCUT2D eigenvalue weighted by Gasteiger charge is 2.37. The zero-order valence-electron chi connectivity index (χ0n) is 23.3. The number of benzene rings is 3. The lowest BCUT2D eigenvalue weighted by Gasteiger charge is -2.33. The molecule has 0 aromatic heterocycles. The minimum Gasteiger partial charge on any atom is -0.506 e. The minimum atomic E-state index is -0.769. The van der Waals surface area contributed by atoms with Crippen molar-refractivity contribution in [3.8, 4) is 11.5 Å². The van der Waals surface area contributed by atoms with E-state index >= 15 is 4.39 Å². The average molecular weight is 533 g/mol.